The first-order chi connectivity index (χ1) is 10.7. The minimum Gasteiger partial charge on any atom is -0.349 e. The third kappa shape index (κ3) is 2.88. The fraction of sp³-hybridized carbons (Fsp3) is 0.250. The van der Waals surface area contributed by atoms with Crippen LogP contribution >= 0.6 is 11.3 Å². The number of nitrogens with one attached hydrogen (secondary N) is 2. The Hall–Kier alpha value is -2.18. The molecule has 6 heteroatoms. The van der Waals surface area contributed by atoms with Gasteiger partial charge in [0, 0.05) is 16.8 Å². The van der Waals surface area contributed by atoms with Crippen LogP contribution in [0.25, 0.3) is 10.9 Å². The average Bonchev–Trinajstić information content (AvgIpc) is 3.16. The zero-order valence-electron chi connectivity index (χ0n) is 12.5. The molecule has 5 nitrogen and oxygen atoms in total. The SMILES string of the molecule is CN(C)[C@H](CNC(=O)c1n[nH]c2ccccc12)c1cccs1. The van der Waals surface area contributed by atoms with Crippen LogP contribution in [0.15, 0.2) is 41.8 Å². The van der Waals surface area contributed by atoms with Crippen LogP contribution in [0.5, 0.6) is 0 Å². The van der Waals surface area contributed by atoms with Crippen molar-refractivity contribution in [2.45, 2.75) is 6.04 Å². The van der Waals surface area contributed by atoms with Crippen LogP contribution in [-0.4, -0.2) is 41.6 Å². The highest BCUT2D eigenvalue weighted by atomic mass is 32.1. The molecule has 114 valence electrons. The molecule has 2 aromatic heterocycles. The van der Waals surface area contributed by atoms with Gasteiger partial charge in [-0.3, -0.25) is 9.89 Å². The summed E-state index contributed by atoms with van der Waals surface area (Å²) >= 11 is 1.70. The number of carbonyl (C=O) groups is 1. The van der Waals surface area contributed by atoms with E-state index >= 15 is 0 Å². The maximum atomic E-state index is 12.4. The summed E-state index contributed by atoms with van der Waals surface area (Å²) < 4.78 is 0. The van der Waals surface area contributed by atoms with E-state index in [1.165, 1.54) is 4.88 Å². The van der Waals surface area contributed by atoms with Gasteiger partial charge in [-0.05, 0) is 31.6 Å². The Morgan fingerprint density at radius 1 is 1.32 bits per heavy atom. The molecule has 0 fully saturated rings. The Kier molecular flexibility index (Phi) is 4.22. The number of aromatic amines is 1. The second kappa shape index (κ2) is 6.29. The van der Waals surface area contributed by atoms with E-state index in [0.717, 1.165) is 10.9 Å². The van der Waals surface area contributed by atoms with E-state index < -0.39 is 0 Å². The minimum atomic E-state index is -0.152. The second-order valence-electron chi connectivity index (χ2n) is 5.32. The van der Waals surface area contributed by atoms with Crippen LogP contribution in [0.2, 0.25) is 0 Å². The van der Waals surface area contributed by atoms with Crippen molar-refractivity contribution in [3.8, 4) is 0 Å². The zero-order valence-corrected chi connectivity index (χ0v) is 13.4. The van der Waals surface area contributed by atoms with Crippen molar-refractivity contribution in [3.63, 3.8) is 0 Å². The average molecular weight is 314 g/mol. The van der Waals surface area contributed by atoms with E-state index in [1.54, 1.807) is 11.3 Å². The maximum Gasteiger partial charge on any atom is 0.272 e. The number of aromatic nitrogens is 2. The lowest BCUT2D eigenvalue weighted by Gasteiger charge is -2.23. The van der Waals surface area contributed by atoms with Crippen molar-refractivity contribution in [3.05, 3.63) is 52.3 Å². The molecular weight excluding hydrogens is 296 g/mol. The molecule has 0 aliphatic carbocycles. The van der Waals surface area contributed by atoms with E-state index in [4.69, 9.17) is 0 Å². The van der Waals surface area contributed by atoms with E-state index in [9.17, 15) is 4.79 Å². The molecule has 0 aliphatic rings. The van der Waals surface area contributed by atoms with Gasteiger partial charge in [0.1, 0.15) is 0 Å². The number of nitrogens with zero attached hydrogens (tertiary/aromatic N) is 2. The number of para-hydroxylation sites is 1. The molecule has 0 bridgehead atoms. The van der Waals surface area contributed by atoms with E-state index in [-0.39, 0.29) is 11.9 Å². The summed E-state index contributed by atoms with van der Waals surface area (Å²) in [5.74, 6) is -0.152. The van der Waals surface area contributed by atoms with Gasteiger partial charge in [0.2, 0.25) is 0 Å². The minimum absolute atomic E-state index is 0.152. The predicted molar refractivity (Wildman–Crippen MR) is 89.2 cm³/mol. The number of thiophene rings is 1. The molecule has 1 aromatic carbocycles. The summed E-state index contributed by atoms with van der Waals surface area (Å²) in [6, 6.07) is 11.9. The van der Waals surface area contributed by atoms with Gasteiger partial charge in [0.15, 0.2) is 5.69 Å². The summed E-state index contributed by atoms with van der Waals surface area (Å²) in [5.41, 5.74) is 1.31. The van der Waals surface area contributed by atoms with Crippen molar-refractivity contribution in [1.29, 1.82) is 0 Å². The van der Waals surface area contributed by atoms with Gasteiger partial charge in [0.25, 0.3) is 5.91 Å². The lowest BCUT2D eigenvalue weighted by molar-refractivity contribution is 0.0939. The number of benzene rings is 1. The normalized spacial score (nSPS) is 12.7. The first kappa shape index (κ1) is 14.7. The van der Waals surface area contributed by atoms with Crippen LogP contribution in [0.4, 0.5) is 0 Å². The summed E-state index contributed by atoms with van der Waals surface area (Å²) in [5, 5.41) is 12.9. The number of H-pyrrole nitrogens is 1. The highest BCUT2D eigenvalue weighted by Crippen LogP contribution is 2.22. The van der Waals surface area contributed by atoms with Gasteiger partial charge in [-0.15, -0.1) is 11.3 Å². The molecular formula is C16H18N4OS. The molecule has 1 atom stereocenters. The molecule has 0 unspecified atom stereocenters. The monoisotopic (exact) mass is 314 g/mol. The molecule has 3 aromatic rings. The van der Waals surface area contributed by atoms with Crippen molar-refractivity contribution in [2.75, 3.05) is 20.6 Å². The summed E-state index contributed by atoms with van der Waals surface area (Å²) in [6.07, 6.45) is 0. The summed E-state index contributed by atoms with van der Waals surface area (Å²) in [6.45, 7) is 0.549. The number of hydrogen-bond donors (Lipinski definition) is 2. The van der Waals surface area contributed by atoms with E-state index in [0.29, 0.717) is 12.2 Å². The van der Waals surface area contributed by atoms with Gasteiger partial charge in [0.05, 0.1) is 11.6 Å². The molecule has 0 spiro atoms. The van der Waals surface area contributed by atoms with Crippen LogP contribution < -0.4 is 5.32 Å². The molecule has 0 radical (unpaired) electrons. The second-order valence-corrected chi connectivity index (χ2v) is 6.30. The number of amides is 1. The predicted octanol–water partition coefficient (Wildman–Crippen LogP) is 2.66. The van der Waals surface area contributed by atoms with Crippen LogP contribution in [0.1, 0.15) is 21.4 Å². The largest absolute Gasteiger partial charge is 0.349 e. The highest BCUT2D eigenvalue weighted by Gasteiger charge is 2.19. The molecule has 0 saturated carbocycles. The smallest absolute Gasteiger partial charge is 0.272 e. The number of fused-ring (bicyclic) bond motifs is 1. The van der Waals surface area contributed by atoms with Crippen LogP contribution in [0.3, 0.4) is 0 Å². The molecule has 2 heterocycles. The maximum absolute atomic E-state index is 12.4. The summed E-state index contributed by atoms with van der Waals surface area (Å²) in [7, 11) is 4.03. The van der Waals surface area contributed by atoms with Crippen molar-refractivity contribution in [1.82, 2.24) is 20.4 Å². The fourth-order valence-electron chi connectivity index (χ4n) is 2.43. The van der Waals surface area contributed by atoms with Crippen LogP contribution in [0, 0.1) is 0 Å². The lowest BCUT2D eigenvalue weighted by atomic mass is 10.2. The van der Waals surface area contributed by atoms with Gasteiger partial charge in [-0.1, -0.05) is 24.3 Å². The Labute approximate surface area is 133 Å². The van der Waals surface area contributed by atoms with Crippen molar-refractivity contribution >= 4 is 28.1 Å². The molecule has 0 aliphatic heterocycles. The standard InChI is InChI=1S/C16H18N4OS/c1-20(2)13(14-8-5-9-22-14)10-17-16(21)15-11-6-3-4-7-12(11)18-19-15/h3-9,13H,10H2,1-2H3,(H,17,21)(H,18,19)/t13-/m1/s1. The number of carbonyl (C=O) groups excluding carboxylic acids is 1. The van der Waals surface area contributed by atoms with Crippen molar-refractivity contribution in [2.24, 2.45) is 0 Å². The Morgan fingerprint density at radius 2 is 2.14 bits per heavy atom. The molecule has 22 heavy (non-hydrogen) atoms. The number of hydrogen-bond acceptors (Lipinski definition) is 4. The first-order valence-corrected chi connectivity index (χ1v) is 7.96. The number of rotatable bonds is 5. The topological polar surface area (TPSA) is 61.0 Å². The molecule has 0 saturated heterocycles. The Morgan fingerprint density at radius 3 is 2.86 bits per heavy atom. The highest BCUT2D eigenvalue weighted by molar-refractivity contribution is 7.10. The lowest BCUT2D eigenvalue weighted by Crippen LogP contribution is -2.34. The first-order valence-electron chi connectivity index (χ1n) is 7.08. The van der Waals surface area contributed by atoms with Gasteiger partial charge >= 0.3 is 0 Å². The Bertz CT molecular complexity index is 763. The van der Waals surface area contributed by atoms with Crippen LogP contribution in [-0.2, 0) is 0 Å². The molecule has 1 amide bonds. The molecule has 3 rings (SSSR count). The molecule has 2 N–H and O–H groups in total. The van der Waals surface area contributed by atoms with Gasteiger partial charge in [-0.25, -0.2) is 0 Å². The third-order valence-corrected chi connectivity index (χ3v) is 4.61. The van der Waals surface area contributed by atoms with Gasteiger partial charge in [-0.2, -0.15) is 5.10 Å². The Balaban J connectivity index is 1.74. The number of likely N-dealkylation sites (N-methyl/N-ethyl adjacent to an activating group) is 1. The quantitative estimate of drug-likeness (QED) is 0.761. The van der Waals surface area contributed by atoms with E-state index in [1.807, 2.05) is 44.4 Å². The fourth-order valence-corrected chi connectivity index (χ4v) is 3.35. The van der Waals surface area contributed by atoms with Gasteiger partial charge < -0.3 is 10.2 Å². The van der Waals surface area contributed by atoms with Crippen molar-refractivity contribution < 1.29 is 4.79 Å². The third-order valence-electron chi connectivity index (χ3n) is 3.64. The zero-order chi connectivity index (χ0) is 15.5. The summed E-state index contributed by atoms with van der Waals surface area (Å²) in [4.78, 5) is 15.7. The van der Waals surface area contributed by atoms with E-state index in [2.05, 4.69) is 31.9 Å².